The van der Waals surface area contributed by atoms with Crippen molar-refractivity contribution in [2.75, 3.05) is 41.7 Å². The number of hydrogen-bond acceptors (Lipinski definition) is 6. The van der Waals surface area contributed by atoms with Crippen molar-refractivity contribution < 1.29 is 4.42 Å². The third-order valence-electron chi connectivity index (χ3n) is 4.41. The number of pyridine rings is 1. The first-order chi connectivity index (χ1) is 10.3. The molecule has 2 aromatic heterocycles. The molecule has 0 aromatic carbocycles. The van der Waals surface area contributed by atoms with Crippen molar-refractivity contribution in [1.82, 2.24) is 9.97 Å². The molecule has 21 heavy (non-hydrogen) atoms. The molecular formula is C15H21N5O. The molecule has 4 heterocycles. The zero-order valence-electron chi connectivity index (χ0n) is 12.2. The fourth-order valence-corrected chi connectivity index (χ4v) is 3.26. The van der Waals surface area contributed by atoms with Gasteiger partial charge in [-0.25, -0.2) is 4.98 Å². The summed E-state index contributed by atoms with van der Waals surface area (Å²) < 4.78 is 5.83. The van der Waals surface area contributed by atoms with Crippen LogP contribution in [0.25, 0.3) is 11.2 Å². The molecule has 2 N–H and O–H groups in total. The van der Waals surface area contributed by atoms with E-state index in [1.807, 2.05) is 6.07 Å². The van der Waals surface area contributed by atoms with E-state index in [1.165, 1.54) is 32.1 Å². The van der Waals surface area contributed by atoms with Gasteiger partial charge in [-0.1, -0.05) is 0 Å². The quantitative estimate of drug-likeness (QED) is 0.914. The number of oxazole rings is 1. The number of nitrogen functional groups attached to an aromatic ring is 1. The monoisotopic (exact) mass is 287 g/mol. The summed E-state index contributed by atoms with van der Waals surface area (Å²) in [6.07, 6.45) is 6.11. The summed E-state index contributed by atoms with van der Waals surface area (Å²) in [5.41, 5.74) is 8.23. The van der Waals surface area contributed by atoms with Crippen LogP contribution >= 0.6 is 0 Å². The smallest absolute Gasteiger partial charge is 0.299 e. The van der Waals surface area contributed by atoms with E-state index in [-0.39, 0.29) is 0 Å². The highest BCUT2D eigenvalue weighted by Crippen LogP contribution is 2.30. The number of rotatable bonds is 2. The summed E-state index contributed by atoms with van der Waals surface area (Å²) in [7, 11) is 0. The van der Waals surface area contributed by atoms with Crippen LogP contribution in [0.1, 0.15) is 32.1 Å². The van der Waals surface area contributed by atoms with Gasteiger partial charge in [-0.05, 0) is 32.1 Å². The Morgan fingerprint density at radius 3 is 2.33 bits per heavy atom. The van der Waals surface area contributed by atoms with Crippen molar-refractivity contribution in [3.63, 3.8) is 0 Å². The van der Waals surface area contributed by atoms with Crippen LogP contribution in [0.3, 0.4) is 0 Å². The van der Waals surface area contributed by atoms with Crippen molar-refractivity contribution >= 4 is 28.8 Å². The maximum atomic E-state index is 6.17. The molecule has 2 aromatic rings. The fourth-order valence-electron chi connectivity index (χ4n) is 3.26. The van der Waals surface area contributed by atoms with Crippen LogP contribution in [0.15, 0.2) is 10.5 Å². The predicted molar refractivity (Wildman–Crippen MR) is 83.7 cm³/mol. The van der Waals surface area contributed by atoms with Crippen molar-refractivity contribution in [3.8, 4) is 0 Å². The van der Waals surface area contributed by atoms with E-state index < -0.39 is 0 Å². The number of fused-ring (bicyclic) bond motifs is 1. The number of piperidine rings is 1. The molecule has 0 amide bonds. The molecule has 2 saturated heterocycles. The summed E-state index contributed by atoms with van der Waals surface area (Å²) in [5, 5.41) is 0. The molecule has 2 aliphatic rings. The topological polar surface area (TPSA) is 71.4 Å². The van der Waals surface area contributed by atoms with E-state index in [4.69, 9.17) is 10.2 Å². The molecule has 6 heteroatoms. The minimum atomic E-state index is 0.673. The van der Waals surface area contributed by atoms with Crippen molar-refractivity contribution in [3.05, 3.63) is 6.07 Å². The lowest BCUT2D eigenvalue weighted by Gasteiger charge is -2.28. The molecule has 112 valence electrons. The number of aromatic nitrogens is 2. The van der Waals surface area contributed by atoms with Gasteiger partial charge in [0.1, 0.15) is 0 Å². The molecular weight excluding hydrogens is 266 g/mol. The Morgan fingerprint density at radius 2 is 1.57 bits per heavy atom. The molecule has 0 unspecified atom stereocenters. The Bertz CT molecular complexity index is 641. The van der Waals surface area contributed by atoms with Gasteiger partial charge in [-0.3, -0.25) is 0 Å². The third kappa shape index (κ3) is 2.28. The average molecular weight is 287 g/mol. The Morgan fingerprint density at radius 1 is 0.905 bits per heavy atom. The van der Waals surface area contributed by atoms with Crippen LogP contribution in [0, 0.1) is 0 Å². The average Bonchev–Trinajstić information content (AvgIpc) is 3.16. The van der Waals surface area contributed by atoms with Gasteiger partial charge in [0.25, 0.3) is 6.01 Å². The summed E-state index contributed by atoms with van der Waals surface area (Å²) in [6.45, 7) is 4.08. The minimum Gasteiger partial charge on any atom is -0.422 e. The van der Waals surface area contributed by atoms with Crippen LogP contribution in [0.4, 0.5) is 17.5 Å². The molecule has 2 fully saturated rings. The summed E-state index contributed by atoms with van der Waals surface area (Å²) in [5.74, 6) is 0.864. The fraction of sp³-hybridized carbons (Fsp3) is 0.600. The highest BCUT2D eigenvalue weighted by Gasteiger charge is 2.21. The molecule has 0 saturated carbocycles. The van der Waals surface area contributed by atoms with E-state index in [1.54, 1.807) is 0 Å². The highest BCUT2D eigenvalue weighted by molar-refractivity contribution is 5.80. The van der Waals surface area contributed by atoms with Crippen molar-refractivity contribution in [2.24, 2.45) is 0 Å². The molecule has 0 bridgehead atoms. The number of anilines is 3. The molecule has 0 atom stereocenters. The van der Waals surface area contributed by atoms with Gasteiger partial charge < -0.3 is 20.0 Å². The lowest BCUT2D eigenvalue weighted by Crippen LogP contribution is -2.30. The molecule has 4 rings (SSSR count). The zero-order valence-corrected chi connectivity index (χ0v) is 12.2. The van der Waals surface area contributed by atoms with Gasteiger partial charge in [0.15, 0.2) is 11.4 Å². The summed E-state index contributed by atoms with van der Waals surface area (Å²) in [6, 6.07) is 2.56. The van der Waals surface area contributed by atoms with Gasteiger partial charge in [-0.15, -0.1) is 0 Å². The maximum Gasteiger partial charge on any atom is 0.299 e. The minimum absolute atomic E-state index is 0.673. The maximum absolute atomic E-state index is 6.17. The lowest BCUT2D eigenvalue weighted by molar-refractivity contribution is 0.574. The summed E-state index contributed by atoms with van der Waals surface area (Å²) in [4.78, 5) is 13.7. The van der Waals surface area contributed by atoms with E-state index in [0.717, 1.165) is 32.0 Å². The van der Waals surface area contributed by atoms with Gasteiger partial charge in [0.2, 0.25) is 5.65 Å². The molecule has 0 aliphatic carbocycles. The van der Waals surface area contributed by atoms with Crippen LogP contribution in [0.5, 0.6) is 0 Å². The van der Waals surface area contributed by atoms with E-state index in [9.17, 15) is 0 Å². The molecule has 2 aliphatic heterocycles. The van der Waals surface area contributed by atoms with Crippen LogP contribution in [0.2, 0.25) is 0 Å². The zero-order chi connectivity index (χ0) is 14.2. The normalized spacial score (nSPS) is 19.6. The second kappa shape index (κ2) is 5.09. The predicted octanol–water partition coefficient (Wildman–Crippen LogP) is 2.40. The number of hydrogen-bond donors (Lipinski definition) is 1. The largest absolute Gasteiger partial charge is 0.422 e. The second-order valence-corrected chi connectivity index (χ2v) is 5.96. The Hall–Kier alpha value is -1.98. The highest BCUT2D eigenvalue weighted by atomic mass is 16.4. The van der Waals surface area contributed by atoms with Crippen LogP contribution in [-0.4, -0.2) is 36.1 Å². The van der Waals surface area contributed by atoms with Gasteiger partial charge in [-0.2, -0.15) is 4.98 Å². The van der Waals surface area contributed by atoms with Crippen molar-refractivity contribution in [1.29, 1.82) is 0 Å². The van der Waals surface area contributed by atoms with E-state index >= 15 is 0 Å². The van der Waals surface area contributed by atoms with Gasteiger partial charge >= 0.3 is 0 Å². The second-order valence-electron chi connectivity index (χ2n) is 5.96. The number of nitrogens with zero attached hydrogens (tertiary/aromatic N) is 4. The summed E-state index contributed by atoms with van der Waals surface area (Å²) >= 11 is 0. The Kier molecular flexibility index (Phi) is 3.09. The van der Waals surface area contributed by atoms with E-state index in [0.29, 0.717) is 22.9 Å². The Balaban J connectivity index is 1.70. The van der Waals surface area contributed by atoms with E-state index in [2.05, 4.69) is 19.8 Å². The standard InChI is InChI=1S/C15H21N5O/c16-11-10-12-13(17-14(11)19-6-2-1-3-7-19)18-15(21-12)20-8-4-5-9-20/h10H,1-9,16H2. The number of nitrogens with two attached hydrogens (primary N) is 1. The molecule has 0 spiro atoms. The van der Waals surface area contributed by atoms with Crippen LogP contribution < -0.4 is 15.5 Å². The first-order valence-electron chi connectivity index (χ1n) is 7.88. The van der Waals surface area contributed by atoms with Gasteiger partial charge in [0, 0.05) is 32.2 Å². The SMILES string of the molecule is Nc1cc2oc(N3CCCC3)nc2nc1N1CCCCC1. The van der Waals surface area contributed by atoms with Crippen molar-refractivity contribution in [2.45, 2.75) is 32.1 Å². The van der Waals surface area contributed by atoms with Gasteiger partial charge in [0.05, 0.1) is 5.69 Å². The van der Waals surface area contributed by atoms with Crippen LogP contribution in [-0.2, 0) is 0 Å². The molecule has 0 radical (unpaired) electrons. The third-order valence-corrected chi connectivity index (χ3v) is 4.41. The first kappa shape index (κ1) is 12.7. The Labute approximate surface area is 123 Å². The first-order valence-corrected chi connectivity index (χ1v) is 7.88. The molecule has 6 nitrogen and oxygen atoms in total. The lowest BCUT2D eigenvalue weighted by atomic mass is 10.1.